The first-order chi connectivity index (χ1) is 12.4. The molecule has 2 rings (SSSR count). The van der Waals surface area contributed by atoms with Crippen LogP contribution in [0.1, 0.15) is 27.0 Å². The lowest BCUT2D eigenvalue weighted by Crippen LogP contribution is -2.28. The van der Waals surface area contributed by atoms with Gasteiger partial charge in [-0.1, -0.05) is 12.1 Å². The molecule has 0 spiro atoms. The summed E-state index contributed by atoms with van der Waals surface area (Å²) in [5, 5.41) is 11.5. The number of carbonyl (C=O) groups is 2. The van der Waals surface area contributed by atoms with Crippen molar-refractivity contribution in [3.05, 3.63) is 58.7 Å². The zero-order valence-electron chi connectivity index (χ0n) is 15.2. The van der Waals surface area contributed by atoms with E-state index in [0.717, 1.165) is 11.3 Å². The summed E-state index contributed by atoms with van der Waals surface area (Å²) in [6.07, 6.45) is 0. The van der Waals surface area contributed by atoms with Gasteiger partial charge in [-0.05, 0) is 61.7 Å². The van der Waals surface area contributed by atoms with Gasteiger partial charge in [0.05, 0.1) is 6.54 Å². The molecule has 0 unspecified atom stereocenters. The van der Waals surface area contributed by atoms with E-state index in [4.69, 9.17) is 14.6 Å². The Hall–Kier alpha value is -3.02. The Morgan fingerprint density at radius 1 is 1.04 bits per heavy atom. The zero-order valence-corrected chi connectivity index (χ0v) is 15.2. The number of aryl methyl sites for hydroxylation is 3. The summed E-state index contributed by atoms with van der Waals surface area (Å²) in [5.74, 6) is 0.00524. The van der Waals surface area contributed by atoms with E-state index >= 15 is 0 Å². The molecule has 0 aliphatic heterocycles. The summed E-state index contributed by atoms with van der Waals surface area (Å²) < 4.78 is 10.9. The lowest BCUT2D eigenvalue weighted by molar-refractivity contribution is -0.139. The Labute approximate surface area is 152 Å². The van der Waals surface area contributed by atoms with Gasteiger partial charge in [0.1, 0.15) is 18.1 Å². The van der Waals surface area contributed by atoms with E-state index in [9.17, 15) is 9.59 Å². The monoisotopic (exact) mass is 357 g/mol. The van der Waals surface area contributed by atoms with Crippen LogP contribution in [-0.4, -0.2) is 36.7 Å². The fraction of sp³-hybridized carbons (Fsp3) is 0.300. The number of carboxylic acid groups (broad SMARTS) is 1. The second-order valence-electron chi connectivity index (χ2n) is 6.04. The van der Waals surface area contributed by atoms with E-state index < -0.39 is 12.6 Å². The summed E-state index contributed by atoms with van der Waals surface area (Å²) in [7, 11) is 0. The van der Waals surface area contributed by atoms with E-state index in [0.29, 0.717) is 35.6 Å². The molecule has 6 nitrogen and oxygen atoms in total. The number of nitrogens with one attached hydrogen (secondary N) is 1. The van der Waals surface area contributed by atoms with Crippen molar-refractivity contribution >= 4 is 11.9 Å². The number of hydrogen-bond acceptors (Lipinski definition) is 4. The summed E-state index contributed by atoms with van der Waals surface area (Å²) in [6.45, 7) is 5.88. The molecule has 0 aliphatic carbocycles. The van der Waals surface area contributed by atoms with E-state index in [1.807, 2.05) is 31.2 Å². The molecule has 0 aromatic heterocycles. The molecule has 26 heavy (non-hydrogen) atoms. The van der Waals surface area contributed by atoms with E-state index in [1.165, 1.54) is 0 Å². The summed E-state index contributed by atoms with van der Waals surface area (Å²) in [4.78, 5) is 22.9. The van der Waals surface area contributed by atoms with Crippen molar-refractivity contribution < 1.29 is 24.2 Å². The number of hydrogen-bond donors (Lipinski definition) is 2. The van der Waals surface area contributed by atoms with Crippen molar-refractivity contribution in [3.8, 4) is 11.5 Å². The molecule has 2 aromatic carbocycles. The van der Waals surface area contributed by atoms with Crippen molar-refractivity contribution in [2.24, 2.45) is 0 Å². The van der Waals surface area contributed by atoms with Crippen molar-refractivity contribution in [3.63, 3.8) is 0 Å². The fourth-order valence-electron chi connectivity index (χ4n) is 2.58. The Morgan fingerprint density at radius 3 is 2.35 bits per heavy atom. The second kappa shape index (κ2) is 8.89. The first kappa shape index (κ1) is 19.3. The van der Waals surface area contributed by atoms with Gasteiger partial charge in [-0.25, -0.2) is 4.79 Å². The van der Waals surface area contributed by atoms with Crippen LogP contribution in [-0.2, 0) is 4.79 Å². The molecule has 138 valence electrons. The molecular formula is C20H23NO5. The molecule has 0 aliphatic rings. The summed E-state index contributed by atoms with van der Waals surface area (Å²) in [5.41, 5.74) is 3.04. The summed E-state index contributed by atoms with van der Waals surface area (Å²) in [6, 6.07) is 11.1. The first-order valence-electron chi connectivity index (χ1n) is 8.30. The van der Waals surface area contributed by atoms with Gasteiger partial charge in [0, 0.05) is 5.56 Å². The largest absolute Gasteiger partial charge is 0.492 e. The highest BCUT2D eigenvalue weighted by Gasteiger charge is 2.12. The van der Waals surface area contributed by atoms with Gasteiger partial charge in [0.2, 0.25) is 0 Å². The minimum absolute atomic E-state index is 0.214. The minimum Gasteiger partial charge on any atom is -0.492 e. The molecule has 2 aromatic rings. The van der Waals surface area contributed by atoms with Crippen LogP contribution in [0.3, 0.4) is 0 Å². The summed E-state index contributed by atoms with van der Waals surface area (Å²) >= 11 is 0. The molecular weight excluding hydrogens is 334 g/mol. The van der Waals surface area contributed by atoms with Crippen LogP contribution in [0.5, 0.6) is 11.5 Å². The molecule has 0 saturated carbocycles. The number of carbonyl (C=O) groups excluding carboxylic acids is 1. The highest BCUT2D eigenvalue weighted by molar-refractivity contribution is 5.94. The maximum atomic E-state index is 12.3. The highest BCUT2D eigenvalue weighted by atomic mass is 16.5. The average molecular weight is 357 g/mol. The molecule has 0 heterocycles. The van der Waals surface area contributed by atoms with Crippen LogP contribution in [0.25, 0.3) is 0 Å². The molecule has 0 radical (unpaired) electrons. The Morgan fingerprint density at radius 2 is 1.73 bits per heavy atom. The lowest BCUT2D eigenvalue weighted by atomic mass is 10.1. The smallest absolute Gasteiger partial charge is 0.341 e. The van der Waals surface area contributed by atoms with Gasteiger partial charge in [-0.15, -0.1) is 0 Å². The van der Waals surface area contributed by atoms with Crippen molar-refractivity contribution in [1.82, 2.24) is 5.32 Å². The number of rotatable bonds is 8. The number of carboxylic acids is 1. The first-order valence-corrected chi connectivity index (χ1v) is 8.30. The quantitative estimate of drug-likeness (QED) is 0.710. The van der Waals surface area contributed by atoms with Crippen molar-refractivity contribution in [2.45, 2.75) is 20.8 Å². The number of ether oxygens (including phenoxy) is 2. The van der Waals surface area contributed by atoms with Gasteiger partial charge in [-0.2, -0.15) is 0 Å². The maximum Gasteiger partial charge on any atom is 0.341 e. The highest BCUT2D eigenvalue weighted by Crippen LogP contribution is 2.24. The van der Waals surface area contributed by atoms with Crippen LogP contribution >= 0.6 is 0 Å². The van der Waals surface area contributed by atoms with Gasteiger partial charge in [0.15, 0.2) is 6.61 Å². The molecule has 0 saturated heterocycles. The Bertz CT molecular complexity index is 778. The molecule has 1 amide bonds. The van der Waals surface area contributed by atoms with Gasteiger partial charge < -0.3 is 19.9 Å². The predicted octanol–water partition coefficient (Wildman–Crippen LogP) is 2.88. The third-order valence-corrected chi connectivity index (χ3v) is 3.71. The zero-order chi connectivity index (χ0) is 19.1. The van der Waals surface area contributed by atoms with Crippen LogP contribution < -0.4 is 14.8 Å². The normalized spacial score (nSPS) is 10.3. The Kier molecular flexibility index (Phi) is 6.60. The SMILES string of the molecule is Cc1cccc(OCCNC(=O)c2cc(C)c(OCC(=O)O)c(C)c2)c1. The van der Waals surface area contributed by atoms with E-state index in [2.05, 4.69) is 5.32 Å². The van der Waals surface area contributed by atoms with Crippen LogP contribution in [0.4, 0.5) is 0 Å². The number of aliphatic carboxylic acids is 1. The van der Waals surface area contributed by atoms with Crippen LogP contribution in [0, 0.1) is 20.8 Å². The van der Waals surface area contributed by atoms with Gasteiger partial charge >= 0.3 is 5.97 Å². The maximum absolute atomic E-state index is 12.3. The fourth-order valence-corrected chi connectivity index (χ4v) is 2.58. The second-order valence-corrected chi connectivity index (χ2v) is 6.04. The van der Waals surface area contributed by atoms with Gasteiger partial charge in [-0.3, -0.25) is 4.79 Å². The van der Waals surface area contributed by atoms with E-state index in [-0.39, 0.29) is 5.91 Å². The number of amides is 1. The average Bonchev–Trinajstić information content (AvgIpc) is 2.57. The minimum atomic E-state index is -1.04. The third-order valence-electron chi connectivity index (χ3n) is 3.71. The molecule has 2 N–H and O–H groups in total. The van der Waals surface area contributed by atoms with Crippen LogP contribution in [0.15, 0.2) is 36.4 Å². The third kappa shape index (κ3) is 5.51. The molecule has 6 heteroatoms. The molecule has 0 fully saturated rings. The lowest BCUT2D eigenvalue weighted by Gasteiger charge is -2.13. The van der Waals surface area contributed by atoms with Crippen LogP contribution in [0.2, 0.25) is 0 Å². The number of benzene rings is 2. The van der Waals surface area contributed by atoms with E-state index in [1.54, 1.807) is 26.0 Å². The molecule has 0 bridgehead atoms. The standard InChI is InChI=1S/C20H23NO5/c1-13-5-4-6-17(9-13)25-8-7-21-20(24)16-10-14(2)19(15(3)11-16)26-12-18(22)23/h4-6,9-11H,7-8,12H2,1-3H3,(H,21,24)(H,22,23). The van der Waals surface area contributed by atoms with Crippen molar-refractivity contribution in [1.29, 1.82) is 0 Å². The topological polar surface area (TPSA) is 84.9 Å². The predicted molar refractivity (Wildman–Crippen MR) is 98.1 cm³/mol. The molecule has 0 atom stereocenters. The van der Waals surface area contributed by atoms with Gasteiger partial charge in [0.25, 0.3) is 5.91 Å². The van der Waals surface area contributed by atoms with Crippen molar-refractivity contribution in [2.75, 3.05) is 19.8 Å². The Balaban J connectivity index is 1.89.